The summed E-state index contributed by atoms with van der Waals surface area (Å²) in [6.07, 6.45) is 5.22. The second kappa shape index (κ2) is 5.32. The largest absolute Gasteiger partial charge is 0.332 e. The molecule has 0 aromatic carbocycles. The van der Waals surface area contributed by atoms with Crippen LogP contribution in [0.15, 0.2) is 24.4 Å². The maximum absolute atomic E-state index is 11.6. The molecule has 0 spiro atoms. The topological polar surface area (TPSA) is 33.2 Å². The van der Waals surface area contributed by atoms with Gasteiger partial charge >= 0.3 is 0 Å². The number of hydrogen-bond donors (Lipinski definition) is 0. The Kier molecular flexibility index (Phi) is 3.55. The van der Waals surface area contributed by atoms with Crippen molar-refractivity contribution in [3.63, 3.8) is 0 Å². The highest BCUT2D eigenvalue weighted by Gasteiger charge is 2.06. The molecule has 0 radical (unpaired) electrons. The van der Waals surface area contributed by atoms with Crippen LogP contribution >= 0.6 is 0 Å². The molecule has 1 aliphatic rings. The monoisotopic (exact) mass is 214 g/mol. The van der Waals surface area contributed by atoms with E-state index in [1.54, 1.807) is 24.4 Å². The van der Waals surface area contributed by atoms with E-state index >= 15 is 0 Å². The Labute approximate surface area is 95.5 Å². The molecular weight excluding hydrogens is 200 g/mol. The van der Waals surface area contributed by atoms with Crippen molar-refractivity contribution in [1.29, 1.82) is 0 Å². The van der Waals surface area contributed by atoms with E-state index < -0.39 is 0 Å². The Morgan fingerprint density at radius 1 is 1.25 bits per heavy atom. The molecule has 1 aromatic heterocycles. The molecule has 0 amide bonds. The van der Waals surface area contributed by atoms with Crippen molar-refractivity contribution < 1.29 is 4.79 Å². The van der Waals surface area contributed by atoms with Crippen LogP contribution in [0, 0.1) is 12.0 Å². The molecule has 0 saturated carbocycles. The zero-order valence-corrected chi connectivity index (χ0v) is 9.15. The number of hydrogen-bond acceptors (Lipinski definition) is 3. The van der Waals surface area contributed by atoms with Gasteiger partial charge in [-0.25, -0.2) is 0 Å². The fourth-order valence-corrected chi connectivity index (χ4v) is 1.70. The Morgan fingerprint density at radius 3 is 2.75 bits per heavy atom. The quantitative estimate of drug-likeness (QED) is 0.527. The minimum atomic E-state index is -0.203. The first-order chi connectivity index (χ1) is 7.86. The van der Waals surface area contributed by atoms with Crippen LogP contribution in [0.2, 0.25) is 0 Å². The highest BCUT2D eigenvalue weighted by atomic mass is 16.1. The van der Waals surface area contributed by atoms with Gasteiger partial charge in [0.2, 0.25) is 0 Å². The van der Waals surface area contributed by atoms with Gasteiger partial charge in [0, 0.05) is 31.3 Å². The maximum Gasteiger partial charge on any atom is 0.255 e. The van der Waals surface area contributed by atoms with Crippen molar-refractivity contribution in [2.45, 2.75) is 19.3 Å². The smallest absolute Gasteiger partial charge is 0.255 e. The van der Waals surface area contributed by atoms with Gasteiger partial charge in [-0.2, -0.15) is 0 Å². The number of likely N-dealkylation sites (tertiary alicyclic amines) is 1. The summed E-state index contributed by atoms with van der Waals surface area (Å²) in [5.41, 5.74) is 0.423. The molecule has 0 unspecified atom stereocenters. The summed E-state index contributed by atoms with van der Waals surface area (Å²) in [7, 11) is 0. The number of pyridine rings is 1. The molecule has 2 rings (SSSR count). The molecular formula is C13H14N2O. The Hall–Kier alpha value is -1.82. The second-order valence-corrected chi connectivity index (χ2v) is 3.83. The highest BCUT2D eigenvalue weighted by Crippen LogP contribution is 2.06. The zero-order valence-electron chi connectivity index (χ0n) is 9.15. The fourth-order valence-electron chi connectivity index (χ4n) is 1.70. The summed E-state index contributed by atoms with van der Waals surface area (Å²) in [4.78, 5) is 17.6. The summed E-state index contributed by atoms with van der Waals surface area (Å²) in [6, 6.07) is 8.18. The lowest BCUT2D eigenvalue weighted by atomic mass is 10.1. The summed E-state index contributed by atoms with van der Waals surface area (Å²) in [6.45, 7) is 1.95. The van der Waals surface area contributed by atoms with Crippen LogP contribution < -0.4 is 0 Å². The van der Waals surface area contributed by atoms with Crippen molar-refractivity contribution in [3.8, 4) is 12.0 Å². The summed E-state index contributed by atoms with van der Waals surface area (Å²) in [5, 5.41) is 0. The molecule has 1 aliphatic heterocycles. The van der Waals surface area contributed by atoms with Gasteiger partial charge in [-0.1, -0.05) is 6.07 Å². The van der Waals surface area contributed by atoms with Crippen molar-refractivity contribution >= 4 is 5.78 Å². The number of aromatic nitrogens is 1. The fraction of sp³-hybridized carbons (Fsp3) is 0.385. The lowest BCUT2D eigenvalue weighted by molar-refractivity contribution is 0.105. The normalized spacial score (nSPS) is 15.1. The standard InChI is InChI=1S/C13H14N2O/c16-13(12-6-2-3-8-14-12)7-11-15-9-4-1-5-10-15/h2-3,6,8H,1,4-5,9-10H2. The molecule has 16 heavy (non-hydrogen) atoms. The predicted molar refractivity (Wildman–Crippen MR) is 61.8 cm³/mol. The minimum Gasteiger partial charge on any atom is -0.332 e. The van der Waals surface area contributed by atoms with Crippen LogP contribution in [-0.4, -0.2) is 28.8 Å². The molecule has 0 atom stereocenters. The van der Waals surface area contributed by atoms with Gasteiger partial charge in [0.25, 0.3) is 5.78 Å². The van der Waals surface area contributed by atoms with E-state index in [0.717, 1.165) is 13.1 Å². The first kappa shape index (κ1) is 10.7. The van der Waals surface area contributed by atoms with Crippen molar-refractivity contribution in [2.75, 3.05) is 13.1 Å². The third-order valence-electron chi connectivity index (χ3n) is 2.58. The lowest BCUT2D eigenvalue weighted by Crippen LogP contribution is -2.25. The number of carbonyl (C=O) groups is 1. The van der Waals surface area contributed by atoms with Crippen LogP contribution in [0.25, 0.3) is 0 Å². The van der Waals surface area contributed by atoms with E-state index in [2.05, 4.69) is 16.9 Å². The molecule has 1 fully saturated rings. The van der Waals surface area contributed by atoms with E-state index in [1.165, 1.54) is 19.3 Å². The summed E-state index contributed by atoms with van der Waals surface area (Å²) in [5.74, 6) is 2.44. The molecule has 2 heterocycles. The van der Waals surface area contributed by atoms with Gasteiger partial charge in [-0.05, 0) is 31.4 Å². The molecule has 82 valence electrons. The van der Waals surface area contributed by atoms with Crippen LogP contribution in [-0.2, 0) is 0 Å². The molecule has 3 nitrogen and oxygen atoms in total. The van der Waals surface area contributed by atoms with Crippen LogP contribution in [0.5, 0.6) is 0 Å². The van der Waals surface area contributed by atoms with E-state index in [0.29, 0.717) is 5.69 Å². The summed E-state index contributed by atoms with van der Waals surface area (Å²) < 4.78 is 0. The maximum atomic E-state index is 11.6. The van der Waals surface area contributed by atoms with Crippen molar-refractivity contribution in [2.24, 2.45) is 0 Å². The average molecular weight is 214 g/mol. The molecule has 3 heteroatoms. The Morgan fingerprint density at radius 2 is 2.06 bits per heavy atom. The van der Waals surface area contributed by atoms with E-state index in [9.17, 15) is 4.79 Å². The molecule has 1 saturated heterocycles. The SMILES string of the molecule is O=C(C#CN1CCCCC1)c1ccccn1. The molecule has 0 N–H and O–H groups in total. The van der Waals surface area contributed by atoms with E-state index in [-0.39, 0.29) is 5.78 Å². The van der Waals surface area contributed by atoms with Crippen molar-refractivity contribution in [3.05, 3.63) is 30.1 Å². The van der Waals surface area contributed by atoms with Gasteiger partial charge < -0.3 is 4.90 Å². The van der Waals surface area contributed by atoms with Gasteiger partial charge in [-0.15, -0.1) is 0 Å². The van der Waals surface area contributed by atoms with E-state index in [1.807, 2.05) is 4.90 Å². The van der Waals surface area contributed by atoms with Crippen molar-refractivity contribution in [1.82, 2.24) is 9.88 Å². The number of rotatable bonds is 1. The third kappa shape index (κ3) is 2.83. The molecule has 1 aromatic rings. The first-order valence-corrected chi connectivity index (χ1v) is 5.58. The van der Waals surface area contributed by atoms with Crippen LogP contribution in [0.1, 0.15) is 29.8 Å². The Balaban J connectivity index is 1.99. The third-order valence-corrected chi connectivity index (χ3v) is 2.58. The molecule has 0 bridgehead atoms. The predicted octanol–water partition coefficient (Wildman–Crippen LogP) is 1.71. The Bertz CT molecular complexity index is 411. The van der Waals surface area contributed by atoms with Gasteiger partial charge in [0.15, 0.2) is 0 Å². The average Bonchev–Trinajstić information content (AvgIpc) is 2.38. The second-order valence-electron chi connectivity index (χ2n) is 3.83. The number of carbonyl (C=O) groups excluding carboxylic acids is 1. The van der Waals surface area contributed by atoms with Gasteiger partial charge in [0.1, 0.15) is 5.69 Å². The lowest BCUT2D eigenvalue weighted by Gasteiger charge is -2.21. The van der Waals surface area contributed by atoms with Gasteiger partial charge in [-0.3, -0.25) is 9.78 Å². The number of ketones is 1. The number of Topliss-reactive ketones (excluding diaryl/α,β-unsaturated/α-hetero) is 1. The summed E-state index contributed by atoms with van der Waals surface area (Å²) >= 11 is 0. The first-order valence-electron chi connectivity index (χ1n) is 5.58. The number of piperidine rings is 1. The van der Waals surface area contributed by atoms with Crippen LogP contribution in [0.4, 0.5) is 0 Å². The zero-order chi connectivity index (χ0) is 11.2. The molecule has 0 aliphatic carbocycles. The van der Waals surface area contributed by atoms with Gasteiger partial charge in [0.05, 0.1) is 0 Å². The number of nitrogens with zero attached hydrogens (tertiary/aromatic N) is 2. The van der Waals surface area contributed by atoms with Crippen LogP contribution in [0.3, 0.4) is 0 Å². The minimum absolute atomic E-state index is 0.203. The highest BCUT2D eigenvalue weighted by molar-refractivity contribution is 6.07. The van der Waals surface area contributed by atoms with E-state index in [4.69, 9.17) is 0 Å².